The van der Waals surface area contributed by atoms with Gasteiger partial charge in [0.2, 0.25) is 10.0 Å². The predicted octanol–water partition coefficient (Wildman–Crippen LogP) is 5.91. The molecule has 0 bridgehead atoms. The van der Waals surface area contributed by atoms with Crippen LogP contribution in [0.15, 0.2) is 47.4 Å². The van der Waals surface area contributed by atoms with E-state index >= 15 is 0 Å². The molecule has 0 radical (unpaired) electrons. The van der Waals surface area contributed by atoms with Gasteiger partial charge in [0.15, 0.2) is 0 Å². The van der Waals surface area contributed by atoms with Crippen LogP contribution in [-0.2, 0) is 14.8 Å². The Labute approximate surface area is 224 Å². The van der Waals surface area contributed by atoms with Crippen molar-refractivity contribution in [1.82, 2.24) is 9.62 Å². The summed E-state index contributed by atoms with van der Waals surface area (Å²) < 4.78 is 91.8. The number of alkyl halides is 3. The molecule has 2 aromatic carbocycles. The van der Waals surface area contributed by atoms with Gasteiger partial charge < -0.3 is 4.74 Å². The highest BCUT2D eigenvalue weighted by Gasteiger charge is 2.41. The molecular weight excluding hydrogens is 544 g/mol. The maximum Gasteiger partial charge on any atom is 0.522 e. The predicted molar refractivity (Wildman–Crippen MR) is 136 cm³/mol. The van der Waals surface area contributed by atoms with Crippen molar-refractivity contribution in [2.45, 2.75) is 73.3 Å². The molecule has 5 rings (SSSR count). The topological polar surface area (TPSA) is 67.9 Å². The molecule has 0 aliphatic carbocycles. The number of halogens is 4. The van der Waals surface area contributed by atoms with Crippen LogP contribution in [-0.4, -0.2) is 50.1 Å². The Bertz CT molecular complexity index is 1220. The summed E-state index contributed by atoms with van der Waals surface area (Å²) in [6, 6.07) is 9.96. The van der Waals surface area contributed by atoms with Crippen LogP contribution in [0.25, 0.3) is 0 Å². The van der Waals surface area contributed by atoms with E-state index in [-0.39, 0.29) is 29.2 Å². The van der Waals surface area contributed by atoms with E-state index in [0.717, 1.165) is 30.6 Å². The number of nitrogens with one attached hydrogen (secondary N) is 1. The summed E-state index contributed by atoms with van der Waals surface area (Å²) in [6.45, 7) is 0.662. The Balaban J connectivity index is 1.41. The average molecular weight is 575 g/mol. The highest BCUT2D eigenvalue weighted by Crippen LogP contribution is 2.45. The number of likely N-dealkylation sites (tertiary alicyclic amines) is 1. The number of thioether (sulfide) groups is 1. The van der Waals surface area contributed by atoms with Crippen LogP contribution in [0.2, 0.25) is 0 Å². The molecule has 0 saturated carbocycles. The monoisotopic (exact) mass is 574 g/mol. The van der Waals surface area contributed by atoms with Gasteiger partial charge in [-0.25, -0.2) is 12.8 Å². The van der Waals surface area contributed by atoms with E-state index in [0.29, 0.717) is 30.9 Å². The number of fused-ring (bicyclic) bond motifs is 1. The first-order chi connectivity index (χ1) is 18.1. The summed E-state index contributed by atoms with van der Waals surface area (Å²) >= 11 is 1.60. The van der Waals surface area contributed by atoms with Crippen LogP contribution < -0.4 is 9.46 Å². The standard InChI is InChI=1S/C26H30F4N2O4S2/c27-18-6-4-17(5-7-18)23-15-19(36-26(28,29)30)10-12-32(23)22-11-13-35-24-16-20(8-9-21(22)24)38(33,34)31-25-3-1-2-14-37-25/h4-9,16,19,22-23,25,31H,1-3,10-15H2/t19-,22-,23+,25?/m1/s1. The lowest BCUT2D eigenvalue weighted by molar-refractivity contribution is -0.347. The second kappa shape index (κ2) is 11.3. The van der Waals surface area contributed by atoms with Crippen molar-refractivity contribution in [3.63, 3.8) is 0 Å². The number of hydrogen-bond donors (Lipinski definition) is 1. The fourth-order valence-corrected chi connectivity index (χ4v) is 8.32. The molecule has 3 aliphatic rings. The SMILES string of the molecule is O=S(=O)(NC1CCCCS1)c1ccc2c(c1)OCC[C@H]2N1CC[C@@H](OC(F)(F)F)C[C@H]1c1ccc(F)cc1. The number of benzene rings is 2. The lowest BCUT2D eigenvalue weighted by Crippen LogP contribution is -2.44. The second-order valence-corrected chi connectivity index (χ2v) is 12.9. The number of rotatable bonds is 6. The molecule has 0 aromatic heterocycles. The van der Waals surface area contributed by atoms with Crippen LogP contribution in [0.4, 0.5) is 17.6 Å². The molecule has 6 nitrogen and oxygen atoms in total. The largest absolute Gasteiger partial charge is 0.522 e. The van der Waals surface area contributed by atoms with E-state index in [1.54, 1.807) is 36.0 Å². The lowest BCUT2D eigenvalue weighted by atomic mass is 9.88. The molecule has 0 spiro atoms. The average Bonchev–Trinajstić information content (AvgIpc) is 2.88. The van der Waals surface area contributed by atoms with Crippen molar-refractivity contribution >= 4 is 21.8 Å². The first-order valence-electron chi connectivity index (χ1n) is 12.8. The maximum absolute atomic E-state index is 13.6. The Morgan fingerprint density at radius 3 is 2.53 bits per heavy atom. The minimum absolute atomic E-state index is 0.0905. The summed E-state index contributed by atoms with van der Waals surface area (Å²) in [4.78, 5) is 2.23. The van der Waals surface area contributed by atoms with Gasteiger partial charge >= 0.3 is 6.36 Å². The molecule has 0 amide bonds. The van der Waals surface area contributed by atoms with Gasteiger partial charge in [-0.3, -0.25) is 9.64 Å². The fraction of sp³-hybridized carbons (Fsp3) is 0.538. The van der Waals surface area contributed by atoms with E-state index in [1.165, 1.54) is 18.2 Å². The Kier molecular flexibility index (Phi) is 8.25. The van der Waals surface area contributed by atoms with Gasteiger partial charge in [-0.1, -0.05) is 24.6 Å². The zero-order valence-electron chi connectivity index (χ0n) is 20.6. The van der Waals surface area contributed by atoms with Crippen molar-refractivity contribution in [2.75, 3.05) is 18.9 Å². The third-order valence-electron chi connectivity index (χ3n) is 7.32. The van der Waals surface area contributed by atoms with Crippen molar-refractivity contribution < 1.29 is 35.5 Å². The summed E-state index contributed by atoms with van der Waals surface area (Å²) in [5.41, 5.74) is 1.48. The zero-order chi connectivity index (χ0) is 26.9. The van der Waals surface area contributed by atoms with E-state index in [4.69, 9.17) is 4.74 Å². The highest BCUT2D eigenvalue weighted by atomic mass is 32.2. The lowest BCUT2D eigenvalue weighted by Gasteiger charge is -2.45. The first kappa shape index (κ1) is 27.7. The van der Waals surface area contributed by atoms with Crippen molar-refractivity contribution in [3.05, 3.63) is 59.4 Å². The summed E-state index contributed by atoms with van der Waals surface area (Å²) in [5.74, 6) is 0.943. The molecular formula is C26H30F4N2O4S2. The molecule has 1 N–H and O–H groups in total. The quantitative estimate of drug-likeness (QED) is 0.433. The third kappa shape index (κ3) is 6.47. The van der Waals surface area contributed by atoms with Crippen LogP contribution >= 0.6 is 11.8 Å². The zero-order valence-corrected chi connectivity index (χ0v) is 22.3. The smallest absolute Gasteiger partial charge is 0.493 e. The van der Waals surface area contributed by atoms with Gasteiger partial charge in [0, 0.05) is 36.7 Å². The molecule has 3 aliphatic heterocycles. The van der Waals surface area contributed by atoms with Crippen LogP contribution in [0.5, 0.6) is 5.75 Å². The summed E-state index contributed by atoms with van der Waals surface area (Å²) in [5, 5.41) is -0.157. The number of hydrogen-bond acceptors (Lipinski definition) is 6. The number of sulfonamides is 1. The molecule has 1 unspecified atom stereocenters. The fourth-order valence-electron chi connectivity index (χ4n) is 5.57. The number of ether oxygens (including phenoxy) is 2. The second-order valence-electron chi connectivity index (χ2n) is 9.84. The van der Waals surface area contributed by atoms with E-state index < -0.39 is 34.3 Å². The van der Waals surface area contributed by atoms with Crippen LogP contribution in [0, 0.1) is 5.82 Å². The molecule has 208 valence electrons. The molecule has 2 saturated heterocycles. The maximum atomic E-state index is 13.6. The van der Waals surface area contributed by atoms with Gasteiger partial charge in [0.25, 0.3) is 0 Å². The van der Waals surface area contributed by atoms with Gasteiger partial charge in [-0.2, -0.15) is 4.72 Å². The van der Waals surface area contributed by atoms with E-state index in [1.807, 2.05) is 0 Å². The summed E-state index contributed by atoms with van der Waals surface area (Å²) in [7, 11) is -3.74. The number of nitrogens with zero attached hydrogens (tertiary/aromatic N) is 1. The molecule has 4 atom stereocenters. The molecule has 2 aromatic rings. The van der Waals surface area contributed by atoms with Crippen molar-refractivity contribution in [3.8, 4) is 5.75 Å². The van der Waals surface area contributed by atoms with Gasteiger partial charge in [0.05, 0.1) is 23.0 Å². The Morgan fingerprint density at radius 1 is 1.03 bits per heavy atom. The Morgan fingerprint density at radius 2 is 1.82 bits per heavy atom. The highest BCUT2D eigenvalue weighted by molar-refractivity contribution is 8.00. The normalized spacial score (nSPS) is 26.9. The molecule has 12 heteroatoms. The van der Waals surface area contributed by atoms with Gasteiger partial charge in [-0.05, 0) is 55.2 Å². The van der Waals surface area contributed by atoms with E-state index in [2.05, 4.69) is 14.4 Å². The summed E-state index contributed by atoms with van der Waals surface area (Å²) in [6.07, 6.45) is -2.06. The van der Waals surface area contributed by atoms with Crippen molar-refractivity contribution in [1.29, 1.82) is 0 Å². The molecule has 3 heterocycles. The molecule has 2 fully saturated rings. The minimum atomic E-state index is -4.74. The number of piperidine rings is 1. The van der Waals surface area contributed by atoms with Gasteiger partial charge in [0.1, 0.15) is 11.6 Å². The van der Waals surface area contributed by atoms with Crippen molar-refractivity contribution in [2.24, 2.45) is 0 Å². The van der Waals surface area contributed by atoms with Crippen LogP contribution in [0.1, 0.15) is 61.7 Å². The van der Waals surface area contributed by atoms with E-state index in [9.17, 15) is 26.0 Å². The van der Waals surface area contributed by atoms with Gasteiger partial charge in [-0.15, -0.1) is 24.9 Å². The first-order valence-corrected chi connectivity index (χ1v) is 15.3. The third-order valence-corrected chi connectivity index (χ3v) is 10.2. The minimum Gasteiger partial charge on any atom is -0.493 e. The Hall–Kier alpha value is -1.86. The molecule has 38 heavy (non-hydrogen) atoms. The van der Waals surface area contributed by atoms with Crippen LogP contribution in [0.3, 0.4) is 0 Å².